The van der Waals surface area contributed by atoms with Crippen LogP contribution >= 0.6 is 0 Å². The lowest BCUT2D eigenvalue weighted by Crippen LogP contribution is -2.09. The number of methoxy groups -OCH3 is 1. The lowest BCUT2D eigenvalue weighted by atomic mass is 10.4. The SMILES string of the molecule is C=C(C)C(=O)OCCOC.N. The van der Waals surface area contributed by atoms with E-state index in [1.54, 1.807) is 14.0 Å². The van der Waals surface area contributed by atoms with E-state index in [-0.39, 0.29) is 12.1 Å². The second-order valence-corrected chi connectivity index (χ2v) is 1.91. The van der Waals surface area contributed by atoms with Gasteiger partial charge in [-0.15, -0.1) is 0 Å². The zero-order valence-electron chi connectivity index (χ0n) is 7.05. The van der Waals surface area contributed by atoms with Crippen molar-refractivity contribution in [3.63, 3.8) is 0 Å². The molecule has 4 nitrogen and oxygen atoms in total. The molecular weight excluding hydrogens is 146 g/mol. The topological polar surface area (TPSA) is 70.5 Å². The summed E-state index contributed by atoms with van der Waals surface area (Å²) in [6.45, 7) is 5.75. The molecule has 0 radical (unpaired) electrons. The van der Waals surface area contributed by atoms with Crippen LogP contribution in [0.25, 0.3) is 0 Å². The molecule has 0 heterocycles. The molecule has 0 spiro atoms. The first-order chi connectivity index (χ1) is 4.68. The number of hydrogen-bond acceptors (Lipinski definition) is 4. The maximum absolute atomic E-state index is 10.6. The highest BCUT2D eigenvalue weighted by Gasteiger charge is 2.00. The fourth-order valence-corrected chi connectivity index (χ4v) is 0.341. The van der Waals surface area contributed by atoms with Crippen molar-refractivity contribution < 1.29 is 14.3 Å². The molecule has 0 aliphatic rings. The average molecular weight is 161 g/mol. The van der Waals surface area contributed by atoms with Crippen LogP contribution in [-0.2, 0) is 14.3 Å². The Morgan fingerprint density at radius 3 is 2.36 bits per heavy atom. The zero-order chi connectivity index (χ0) is 7.98. The van der Waals surface area contributed by atoms with Gasteiger partial charge in [-0.05, 0) is 6.92 Å². The van der Waals surface area contributed by atoms with Gasteiger partial charge in [-0.25, -0.2) is 4.79 Å². The zero-order valence-corrected chi connectivity index (χ0v) is 7.05. The summed E-state index contributed by atoms with van der Waals surface area (Å²) in [5.74, 6) is -0.364. The Morgan fingerprint density at radius 2 is 2.00 bits per heavy atom. The van der Waals surface area contributed by atoms with Crippen LogP contribution in [0.2, 0.25) is 0 Å². The first-order valence-electron chi connectivity index (χ1n) is 3.00. The normalized spacial score (nSPS) is 8.18. The van der Waals surface area contributed by atoms with E-state index in [1.807, 2.05) is 0 Å². The van der Waals surface area contributed by atoms with Crippen molar-refractivity contribution in [1.82, 2.24) is 6.15 Å². The third-order valence-corrected chi connectivity index (χ3v) is 0.869. The van der Waals surface area contributed by atoms with Crippen molar-refractivity contribution >= 4 is 5.97 Å². The van der Waals surface area contributed by atoms with Crippen molar-refractivity contribution in [1.29, 1.82) is 0 Å². The number of hydrogen-bond donors (Lipinski definition) is 1. The minimum atomic E-state index is -0.364. The maximum Gasteiger partial charge on any atom is 0.333 e. The molecule has 0 aliphatic carbocycles. The molecule has 3 N–H and O–H groups in total. The van der Waals surface area contributed by atoms with Crippen molar-refractivity contribution in [2.24, 2.45) is 0 Å². The van der Waals surface area contributed by atoms with E-state index in [2.05, 4.69) is 16.1 Å². The number of ether oxygens (including phenoxy) is 2. The lowest BCUT2D eigenvalue weighted by molar-refractivity contribution is -0.140. The molecule has 0 saturated carbocycles. The van der Waals surface area contributed by atoms with E-state index in [4.69, 9.17) is 0 Å². The van der Waals surface area contributed by atoms with Crippen molar-refractivity contribution in [3.8, 4) is 0 Å². The molecule has 0 unspecified atom stereocenters. The predicted molar refractivity (Wildman–Crippen MR) is 42.7 cm³/mol. The highest BCUT2D eigenvalue weighted by atomic mass is 16.6. The van der Waals surface area contributed by atoms with E-state index in [0.717, 1.165) is 0 Å². The van der Waals surface area contributed by atoms with Crippen LogP contribution in [0, 0.1) is 0 Å². The minimum absolute atomic E-state index is 0. The fraction of sp³-hybridized carbons (Fsp3) is 0.571. The van der Waals surface area contributed by atoms with Crippen LogP contribution in [0.15, 0.2) is 12.2 Å². The van der Waals surface area contributed by atoms with Gasteiger partial charge >= 0.3 is 5.97 Å². The van der Waals surface area contributed by atoms with Crippen LogP contribution in [0.3, 0.4) is 0 Å². The molecular formula is C7H15NO3. The number of rotatable bonds is 4. The van der Waals surface area contributed by atoms with Gasteiger partial charge in [0.2, 0.25) is 0 Å². The van der Waals surface area contributed by atoms with Gasteiger partial charge in [-0.3, -0.25) is 0 Å². The molecule has 66 valence electrons. The van der Waals surface area contributed by atoms with Gasteiger partial charge in [0.1, 0.15) is 6.61 Å². The van der Waals surface area contributed by atoms with E-state index in [9.17, 15) is 4.79 Å². The van der Waals surface area contributed by atoms with Gasteiger partial charge in [-0.2, -0.15) is 0 Å². The van der Waals surface area contributed by atoms with Crippen molar-refractivity contribution in [2.75, 3.05) is 20.3 Å². The Balaban J connectivity index is 0. The highest BCUT2D eigenvalue weighted by Crippen LogP contribution is 1.90. The van der Waals surface area contributed by atoms with Crippen LogP contribution in [0.5, 0.6) is 0 Å². The molecule has 11 heavy (non-hydrogen) atoms. The molecule has 0 aromatic carbocycles. The third-order valence-electron chi connectivity index (χ3n) is 0.869. The maximum atomic E-state index is 10.6. The van der Waals surface area contributed by atoms with Gasteiger partial charge in [0.25, 0.3) is 0 Å². The summed E-state index contributed by atoms with van der Waals surface area (Å²) in [4.78, 5) is 10.6. The smallest absolute Gasteiger partial charge is 0.333 e. The molecule has 0 atom stereocenters. The van der Waals surface area contributed by atoms with E-state index < -0.39 is 0 Å². The molecule has 0 aromatic heterocycles. The summed E-state index contributed by atoms with van der Waals surface area (Å²) in [6.07, 6.45) is 0. The number of carbonyl (C=O) groups is 1. The molecule has 0 saturated heterocycles. The Bertz CT molecular complexity index is 134. The summed E-state index contributed by atoms with van der Waals surface area (Å²) in [7, 11) is 1.55. The van der Waals surface area contributed by atoms with Crippen LogP contribution in [0.1, 0.15) is 6.92 Å². The molecule has 0 rings (SSSR count). The largest absolute Gasteiger partial charge is 0.460 e. The monoisotopic (exact) mass is 161 g/mol. The van der Waals surface area contributed by atoms with Gasteiger partial charge in [0.15, 0.2) is 0 Å². The van der Waals surface area contributed by atoms with Crippen molar-refractivity contribution in [2.45, 2.75) is 6.92 Å². The first-order valence-corrected chi connectivity index (χ1v) is 3.00. The fourth-order valence-electron chi connectivity index (χ4n) is 0.341. The predicted octanol–water partition coefficient (Wildman–Crippen LogP) is 0.914. The van der Waals surface area contributed by atoms with Gasteiger partial charge in [-0.1, -0.05) is 6.58 Å². The molecule has 0 aromatic rings. The van der Waals surface area contributed by atoms with Crippen LogP contribution in [-0.4, -0.2) is 26.3 Å². The van der Waals surface area contributed by atoms with E-state index >= 15 is 0 Å². The van der Waals surface area contributed by atoms with Crippen LogP contribution in [0.4, 0.5) is 0 Å². The summed E-state index contributed by atoms with van der Waals surface area (Å²) in [5, 5.41) is 0. The van der Waals surface area contributed by atoms with Gasteiger partial charge < -0.3 is 15.6 Å². The summed E-state index contributed by atoms with van der Waals surface area (Å²) >= 11 is 0. The second-order valence-electron chi connectivity index (χ2n) is 1.91. The summed E-state index contributed by atoms with van der Waals surface area (Å²) in [6, 6.07) is 0. The molecule has 4 heteroatoms. The number of carbonyl (C=O) groups excluding carboxylic acids is 1. The Morgan fingerprint density at radius 1 is 1.45 bits per heavy atom. The number of esters is 1. The third kappa shape index (κ3) is 7.02. The highest BCUT2D eigenvalue weighted by molar-refractivity contribution is 5.86. The van der Waals surface area contributed by atoms with Crippen LogP contribution < -0.4 is 6.15 Å². The Kier molecular flexibility index (Phi) is 8.41. The average Bonchev–Trinajstić information content (AvgIpc) is 1.88. The lowest BCUT2D eigenvalue weighted by Gasteiger charge is -2.01. The summed E-state index contributed by atoms with van der Waals surface area (Å²) < 4.78 is 9.35. The van der Waals surface area contributed by atoms with Gasteiger partial charge in [0.05, 0.1) is 6.61 Å². The van der Waals surface area contributed by atoms with Crippen molar-refractivity contribution in [3.05, 3.63) is 12.2 Å². The minimum Gasteiger partial charge on any atom is -0.460 e. The summed E-state index contributed by atoms with van der Waals surface area (Å²) in [5.41, 5.74) is 0.413. The Labute approximate surface area is 66.8 Å². The van der Waals surface area contributed by atoms with Gasteiger partial charge in [0, 0.05) is 12.7 Å². The molecule has 0 aliphatic heterocycles. The second kappa shape index (κ2) is 7.24. The van der Waals surface area contributed by atoms with E-state index in [1.165, 1.54) is 0 Å². The molecule has 0 bridgehead atoms. The van der Waals surface area contributed by atoms with E-state index in [0.29, 0.717) is 18.8 Å². The molecule has 0 amide bonds. The quantitative estimate of drug-likeness (QED) is 0.378. The first kappa shape index (κ1) is 12.8. The molecule has 0 fully saturated rings. The standard InChI is InChI=1S/C7H12O3.H3N/c1-6(2)7(8)10-5-4-9-3;/h1,4-5H2,2-3H3;1H3. The Hall–Kier alpha value is -0.870.